The fourth-order valence-electron chi connectivity index (χ4n) is 17.6. The van der Waals surface area contributed by atoms with E-state index in [-0.39, 0.29) is 69.7 Å². The van der Waals surface area contributed by atoms with Gasteiger partial charge in [-0.3, -0.25) is 0 Å². The van der Waals surface area contributed by atoms with Crippen molar-refractivity contribution in [2.24, 2.45) is 0 Å². The molecule has 0 atom stereocenters. The second kappa shape index (κ2) is 26.1. The third-order valence-corrected chi connectivity index (χ3v) is 23.2. The van der Waals surface area contributed by atoms with Gasteiger partial charge in [-0.05, 0) is 216 Å². The average molecular weight is 1440 g/mol. The Morgan fingerprint density at radius 1 is 0.268 bits per heavy atom. The van der Waals surface area contributed by atoms with Crippen molar-refractivity contribution in [2.75, 3.05) is 9.80 Å². The van der Waals surface area contributed by atoms with E-state index in [0.29, 0.717) is 33.9 Å². The summed E-state index contributed by atoms with van der Waals surface area (Å²) in [7, 11) is 0. The molecule has 21 rings (SSSR count). The van der Waals surface area contributed by atoms with E-state index in [1.807, 2.05) is 42.5 Å². The minimum absolute atomic E-state index is 0.0480. The second-order valence-corrected chi connectivity index (χ2v) is 32.0. The average Bonchev–Trinajstić information content (AvgIpc) is 0.958. The first-order chi connectivity index (χ1) is 58.6. The molecule has 2 aliphatic heterocycles. The van der Waals surface area contributed by atoms with Crippen LogP contribution in [0.1, 0.15) is 65.0 Å². The topological polar surface area (TPSA) is 11.4 Å². The zero-order valence-electron chi connectivity index (χ0n) is 72.0. The van der Waals surface area contributed by atoms with E-state index in [2.05, 4.69) is 318 Å². The second-order valence-electron chi connectivity index (χ2n) is 32.0. The summed E-state index contributed by atoms with van der Waals surface area (Å²) in [5.41, 5.74) is 19.4. The SMILES string of the molecule is [2H]c1c2c3c(c([2H])c1C(C)(C)C)N(c1c(-c4ccccc4)cc(C(C)(C)C)cc1-c1ccccc1)c1cc(-n4c5c([2H])c([2H])c([2H])c([2H])c5c5c([2H])c(-c6ccccc6)c([2H])c([2H])c54)ccc1B3c1cc(-c3cccc(-c4ccccc4)c3)ccc1N2c1c(-c2ccc3ccc4ccccc4c3c2)cccc1-c1ccc2ccc3ccccc3c2c1. The summed E-state index contributed by atoms with van der Waals surface area (Å²) in [6.07, 6.45) is 0. The molecular weight excluding hydrogens is 1350 g/mol. The molecule has 0 bridgehead atoms. The van der Waals surface area contributed by atoms with E-state index >= 15 is 0 Å². The number of nitrogens with zero attached hydrogens (tertiary/aromatic N) is 3. The van der Waals surface area contributed by atoms with Crippen molar-refractivity contribution in [1.82, 2.24) is 4.57 Å². The molecular formula is C108H80BN3. The number of para-hydroxylation sites is 2. The van der Waals surface area contributed by atoms with Crippen LogP contribution in [0.25, 0.3) is 148 Å². The Bertz CT molecular complexity index is 7410. The maximum Gasteiger partial charge on any atom is 0.252 e. The van der Waals surface area contributed by atoms with Gasteiger partial charge in [0, 0.05) is 61.5 Å². The molecule has 0 N–H and O–H groups in total. The molecule has 0 saturated carbocycles. The van der Waals surface area contributed by atoms with E-state index in [4.69, 9.17) is 0 Å². The first-order valence-electron chi connectivity index (χ1n) is 43.2. The molecule has 0 saturated heterocycles. The fourth-order valence-corrected chi connectivity index (χ4v) is 17.6. The van der Waals surface area contributed by atoms with Crippen LogP contribution in [-0.4, -0.2) is 11.3 Å². The van der Waals surface area contributed by atoms with E-state index in [9.17, 15) is 12.3 Å². The Labute approximate surface area is 668 Å². The number of aromatic nitrogens is 1. The third-order valence-electron chi connectivity index (χ3n) is 23.2. The number of benzene rings is 18. The Kier molecular flexibility index (Phi) is 13.4. The zero-order chi connectivity index (χ0) is 82.9. The summed E-state index contributed by atoms with van der Waals surface area (Å²) >= 11 is 0. The van der Waals surface area contributed by atoms with Crippen molar-refractivity contribution < 1.29 is 12.3 Å². The van der Waals surface area contributed by atoms with E-state index in [1.54, 1.807) is 16.7 Å². The molecule has 2 aliphatic rings. The molecule has 1 aromatic heterocycles. The molecule has 4 heteroatoms. The number of fused-ring (bicyclic) bond motifs is 13. The molecule has 19 aromatic rings. The molecule has 3 heterocycles. The summed E-state index contributed by atoms with van der Waals surface area (Å²) in [6, 6.07) is 111. The van der Waals surface area contributed by atoms with Crippen LogP contribution in [0, 0.1) is 0 Å². The first kappa shape index (κ1) is 57.6. The van der Waals surface area contributed by atoms with Gasteiger partial charge in [0.1, 0.15) is 0 Å². The largest absolute Gasteiger partial charge is 0.310 e. The first-order valence-corrected chi connectivity index (χ1v) is 38.7. The number of anilines is 6. The third kappa shape index (κ3) is 11.0. The summed E-state index contributed by atoms with van der Waals surface area (Å²) in [5, 5.41) is 9.09. The van der Waals surface area contributed by atoms with Gasteiger partial charge in [0.05, 0.1) is 34.7 Å². The lowest BCUT2D eigenvalue weighted by Gasteiger charge is -2.46. The number of hydrogen-bond donors (Lipinski definition) is 0. The molecule has 530 valence electrons. The number of hydrogen-bond acceptors (Lipinski definition) is 2. The summed E-state index contributed by atoms with van der Waals surface area (Å²) in [5.74, 6) is 0. The van der Waals surface area contributed by atoms with Gasteiger partial charge < -0.3 is 14.4 Å². The summed E-state index contributed by atoms with van der Waals surface area (Å²) < 4.78 is 94.8. The van der Waals surface area contributed by atoms with Gasteiger partial charge in [-0.15, -0.1) is 0 Å². The van der Waals surface area contributed by atoms with E-state index in [1.165, 1.54) is 0 Å². The standard InChI is InChI=1S/C108H80BN3/c1-107(2,3)83-64-93(71-31-15-9-16-32-71)106(94(65-83)72-33-17-10-18-34-72)112-101-68-85(110-98-44-24-23-41-90(98)95-60-79(53-57-99(95)110)70-29-13-8-14-30-70)55-56-96(101)109-97-63-80(78-38-25-37-77(59-78)69-27-11-7-12-28-69)54-58-100(97)111(102-66-84(108(4,5)6)67-103(112)104(102)109)105-88(81-51-49-75-47-45-73-35-19-21-39-86(73)91(75)61-81)42-26-43-89(105)82-52-50-76-48-46-74-36-20-22-40-87(74)92(76)62-82/h7-68H,1-6H3/i23D,24D,41D,44D,53D,57D,60D,66D,67D. The van der Waals surface area contributed by atoms with Crippen LogP contribution in [0.4, 0.5) is 34.1 Å². The normalized spacial score (nSPS) is 13.8. The summed E-state index contributed by atoms with van der Waals surface area (Å²) in [6.45, 7) is 12.3. The Hall–Kier alpha value is -13.5. The van der Waals surface area contributed by atoms with Gasteiger partial charge in [-0.1, -0.05) is 339 Å². The molecule has 0 aliphatic carbocycles. The van der Waals surface area contributed by atoms with Crippen molar-refractivity contribution in [3.63, 3.8) is 0 Å². The molecule has 112 heavy (non-hydrogen) atoms. The van der Waals surface area contributed by atoms with Crippen LogP contribution in [0.5, 0.6) is 0 Å². The van der Waals surface area contributed by atoms with Gasteiger partial charge in [-0.25, -0.2) is 0 Å². The van der Waals surface area contributed by atoms with Crippen LogP contribution >= 0.6 is 0 Å². The maximum absolute atomic E-state index is 11.8. The van der Waals surface area contributed by atoms with Crippen molar-refractivity contribution >= 4 is 122 Å². The van der Waals surface area contributed by atoms with Crippen molar-refractivity contribution in [3.8, 4) is 83.6 Å². The van der Waals surface area contributed by atoms with Crippen LogP contribution in [0.15, 0.2) is 376 Å². The predicted octanol–water partition coefficient (Wildman–Crippen LogP) is 27.7. The van der Waals surface area contributed by atoms with Gasteiger partial charge in [0.15, 0.2) is 0 Å². The van der Waals surface area contributed by atoms with Crippen molar-refractivity contribution in [1.29, 1.82) is 0 Å². The highest BCUT2D eigenvalue weighted by Gasteiger charge is 2.46. The Morgan fingerprint density at radius 2 is 0.723 bits per heavy atom. The summed E-state index contributed by atoms with van der Waals surface area (Å²) in [4.78, 5) is 4.69. The lowest BCUT2D eigenvalue weighted by Crippen LogP contribution is -2.61. The molecule has 3 nitrogen and oxygen atoms in total. The van der Waals surface area contributed by atoms with Crippen LogP contribution in [0.3, 0.4) is 0 Å². The smallest absolute Gasteiger partial charge is 0.252 e. The van der Waals surface area contributed by atoms with E-state index < -0.39 is 29.6 Å². The van der Waals surface area contributed by atoms with E-state index in [0.717, 1.165) is 149 Å². The Balaban J connectivity index is 0.958. The number of rotatable bonds is 10. The molecule has 18 aromatic carbocycles. The van der Waals surface area contributed by atoms with Gasteiger partial charge in [0.2, 0.25) is 0 Å². The lowest BCUT2D eigenvalue weighted by atomic mass is 9.33. The fraction of sp³-hybridized carbons (Fsp3) is 0.0741. The predicted molar refractivity (Wildman–Crippen MR) is 480 cm³/mol. The highest BCUT2D eigenvalue weighted by atomic mass is 15.2. The quantitative estimate of drug-likeness (QED) is 0.0999. The molecule has 0 fully saturated rings. The van der Waals surface area contributed by atoms with Crippen LogP contribution in [0.2, 0.25) is 0 Å². The van der Waals surface area contributed by atoms with Gasteiger partial charge in [0.25, 0.3) is 6.71 Å². The zero-order valence-corrected chi connectivity index (χ0v) is 63.0. The monoisotopic (exact) mass is 1440 g/mol. The molecule has 0 unspecified atom stereocenters. The minimum Gasteiger partial charge on any atom is -0.310 e. The van der Waals surface area contributed by atoms with Crippen molar-refractivity contribution in [3.05, 3.63) is 387 Å². The van der Waals surface area contributed by atoms with Crippen LogP contribution in [-0.2, 0) is 10.8 Å². The van der Waals surface area contributed by atoms with Crippen molar-refractivity contribution in [2.45, 2.75) is 52.4 Å². The lowest BCUT2D eigenvalue weighted by molar-refractivity contribution is 0.590. The maximum atomic E-state index is 11.8. The van der Waals surface area contributed by atoms with Crippen LogP contribution < -0.4 is 26.2 Å². The molecule has 0 amide bonds. The highest BCUT2D eigenvalue weighted by molar-refractivity contribution is 7.00. The van der Waals surface area contributed by atoms with Gasteiger partial charge >= 0.3 is 0 Å². The Morgan fingerprint density at radius 3 is 1.30 bits per heavy atom. The molecule has 0 radical (unpaired) electrons. The minimum atomic E-state index is -0.887. The van der Waals surface area contributed by atoms with Gasteiger partial charge in [-0.2, -0.15) is 0 Å². The highest BCUT2D eigenvalue weighted by Crippen LogP contribution is 2.56. The molecule has 0 spiro atoms.